The first kappa shape index (κ1) is 17.6. The van der Waals surface area contributed by atoms with Gasteiger partial charge in [0.25, 0.3) is 0 Å². The van der Waals surface area contributed by atoms with Gasteiger partial charge in [-0.2, -0.15) is 0 Å². The fourth-order valence-corrected chi connectivity index (χ4v) is 5.22. The lowest BCUT2D eigenvalue weighted by Crippen LogP contribution is -2.22. The number of fused-ring (bicyclic) bond motifs is 2. The molecule has 1 aromatic rings. The normalized spacial score (nSPS) is 24.9. The molecule has 0 fully saturated rings. The van der Waals surface area contributed by atoms with Crippen molar-refractivity contribution in [2.45, 2.75) is 46.0 Å². The Balaban J connectivity index is 1.47. The summed E-state index contributed by atoms with van der Waals surface area (Å²) in [5.74, 6) is 2.65. The van der Waals surface area contributed by atoms with Crippen molar-refractivity contribution in [2.24, 2.45) is 11.3 Å². The molecule has 0 bridgehead atoms. The minimum atomic E-state index is 0.213. The lowest BCUT2D eigenvalue weighted by molar-refractivity contribution is 0.336. The van der Waals surface area contributed by atoms with Crippen molar-refractivity contribution in [3.8, 4) is 5.75 Å². The molecule has 4 aliphatic rings. The van der Waals surface area contributed by atoms with Crippen LogP contribution >= 0.6 is 0 Å². The number of hydrogen-bond acceptors (Lipinski definition) is 1. The molecule has 0 saturated carbocycles. The highest BCUT2D eigenvalue weighted by Gasteiger charge is 2.44. The molecule has 0 aliphatic heterocycles. The molecule has 0 N–H and O–H groups in total. The summed E-state index contributed by atoms with van der Waals surface area (Å²) in [4.78, 5) is 0. The van der Waals surface area contributed by atoms with E-state index in [1.807, 2.05) is 0 Å². The number of ether oxygens (including phenoxy) is 1. The van der Waals surface area contributed by atoms with Gasteiger partial charge in [-0.3, -0.25) is 0 Å². The summed E-state index contributed by atoms with van der Waals surface area (Å²) < 4.78 is 6.14. The second kappa shape index (κ2) is 6.81. The van der Waals surface area contributed by atoms with Crippen molar-refractivity contribution in [3.63, 3.8) is 0 Å². The molecule has 0 aromatic heterocycles. The predicted molar refractivity (Wildman–Crippen MR) is 117 cm³/mol. The van der Waals surface area contributed by atoms with Gasteiger partial charge in [0.1, 0.15) is 11.5 Å². The Morgan fingerprint density at radius 3 is 2.75 bits per heavy atom. The van der Waals surface area contributed by atoms with Crippen molar-refractivity contribution in [1.29, 1.82) is 0 Å². The minimum Gasteiger partial charge on any atom is -0.462 e. The monoisotopic (exact) mass is 368 g/mol. The predicted octanol–water partition coefficient (Wildman–Crippen LogP) is 7.32. The molecular formula is C27H28O. The maximum Gasteiger partial charge on any atom is 0.127 e. The molecule has 1 heteroatoms. The number of allylic oxidation sites excluding steroid dienone is 12. The van der Waals surface area contributed by atoms with Crippen molar-refractivity contribution < 1.29 is 4.74 Å². The third-order valence-electron chi connectivity index (χ3n) is 6.79. The van der Waals surface area contributed by atoms with Crippen LogP contribution in [0.25, 0.3) is 5.57 Å². The molecule has 5 rings (SSSR count). The molecule has 142 valence electrons. The van der Waals surface area contributed by atoms with Gasteiger partial charge in [0.15, 0.2) is 0 Å². The number of hydrogen-bond donors (Lipinski definition) is 0. The van der Waals surface area contributed by atoms with Gasteiger partial charge >= 0.3 is 0 Å². The van der Waals surface area contributed by atoms with Gasteiger partial charge < -0.3 is 4.74 Å². The van der Waals surface area contributed by atoms with Crippen LogP contribution in [-0.2, 0) is 0 Å². The molecule has 1 atom stereocenters. The Morgan fingerprint density at radius 1 is 1.00 bits per heavy atom. The highest BCUT2D eigenvalue weighted by molar-refractivity contribution is 5.74. The van der Waals surface area contributed by atoms with Crippen LogP contribution in [0.3, 0.4) is 0 Å². The van der Waals surface area contributed by atoms with E-state index in [1.165, 1.54) is 17.6 Å². The smallest absolute Gasteiger partial charge is 0.127 e. The summed E-state index contributed by atoms with van der Waals surface area (Å²) in [5.41, 5.74) is 7.71. The van der Waals surface area contributed by atoms with E-state index in [-0.39, 0.29) is 5.41 Å². The maximum absolute atomic E-state index is 6.14. The topological polar surface area (TPSA) is 9.23 Å². The summed E-state index contributed by atoms with van der Waals surface area (Å²) in [6, 6.07) is 8.64. The van der Waals surface area contributed by atoms with Gasteiger partial charge in [-0.05, 0) is 83.1 Å². The fourth-order valence-electron chi connectivity index (χ4n) is 5.22. The molecule has 1 aromatic carbocycles. The van der Waals surface area contributed by atoms with E-state index < -0.39 is 0 Å². The fraction of sp³-hybridized carbons (Fsp3) is 0.333. The number of benzene rings is 1. The Bertz CT molecular complexity index is 991. The Labute approximate surface area is 168 Å². The van der Waals surface area contributed by atoms with Crippen LogP contribution in [0.5, 0.6) is 5.75 Å². The van der Waals surface area contributed by atoms with Crippen molar-refractivity contribution in [3.05, 3.63) is 94.8 Å². The summed E-state index contributed by atoms with van der Waals surface area (Å²) in [6.45, 7) is 4.85. The molecule has 4 aliphatic carbocycles. The quantitative estimate of drug-likeness (QED) is 0.543. The number of rotatable bonds is 3. The van der Waals surface area contributed by atoms with Crippen LogP contribution in [0.1, 0.15) is 51.5 Å². The molecule has 0 saturated heterocycles. The van der Waals surface area contributed by atoms with Crippen LogP contribution in [0, 0.1) is 11.3 Å². The minimum absolute atomic E-state index is 0.213. The van der Waals surface area contributed by atoms with Crippen molar-refractivity contribution in [2.75, 3.05) is 0 Å². The molecule has 0 radical (unpaired) electrons. The van der Waals surface area contributed by atoms with E-state index in [0.717, 1.165) is 37.2 Å². The molecule has 1 nitrogen and oxygen atoms in total. The highest BCUT2D eigenvalue weighted by Crippen LogP contribution is 2.57. The van der Waals surface area contributed by atoms with E-state index >= 15 is 0 Å². The first-order chi connectivity index (χ1) is 13.6. The third kappa shape index (κ3) is 2.94. The van der Waals surface area contributed by atoms with E-state index in [9.17, 15) is 0 Å². The van der Waals surface area contributed by atoms with Gasteiger partial charge in [-0.25, -0.2) is 0 Å². The van der Waals surface area contributed by atoms with Crippen molar-refractivity contribution in [1.82, 2.24) is 0 Å². The van der Waals surface area contributed by atoms with Crippen LogP contribution in [0.4, 0.5) is 0 Å². The molecule has 1 unspecified atom stereocenters. The molecule has 0 amide bonds. The standard InChI is InChI=1S/C27H28O/c1-27(2)25-14-7-6-13-23(25)24-16-15-20(18-26(24)27)19-9-8-12-22(17-19)28-21-10-4-3-5-11-21/h3-4,6-10,12-13,17-18,25H,5,11,14-16H2,1-2H3. The second-order valence-corrected chi connectivity index (χ2v) is 8.85. The molecule has 28 heavy (non-hydrogen) atoms. The summed E-state index contributed by atoms with van der Waals surface area (Å²) in [6.07, 6.45) is 21.3. The average molecular weight is 369 g/mol. The van der Waals surface area contributed by atoms with Gasteiger partial charge in [0.2, 0.25) is 0 Å². The maximum atomic E-state index is 6.14. The van der Waals surface area contributed by atoms with Crippen LogP contribution in [0.15, 0.2) is 89.3 Å². The van der Waals surface area contributed by atoms with Crippen molar-refractivity contribution >= 4 is 5.57 Å². The lowest BCUT2D eigenvalue weighted by atomic mass is 9.73. The van der Waals surface area contributed by atoms with Gasteiger partial charge in [-0.15, -0.1) is 0 Å². The Morgan fingerprint density at radius 2 is 1.89 bits per heavy atom. The summed E-state index contributed by atoms with van der Waals surface area (Å²) in [5, 5.41) is 0. The van der Waals surface area contributed by atoms with E-state index in [0.29, 0.717) is 5.92 Å². The van der Waals surface area contributed by atoms with Gasteiger partial charge in [0.05, 0.1) is 0 Å². The average Bonchev–Trinajstić information content (AvgIpc) is 2.96. The van der Waals surface area contributed by atoms with Gasteiger partial charge in [-0.1, -0.05) is 62.4 Å². The Hall–Kier alpha value is -2.54. The van der Waals surface area contributed by atoms with Crippen LogP contribution in [0.2, 0.25) is 0 Å². The Kier molecular flexibility index (Phi) is 4.27. The van der Waals surface area contributed by atoms with Crippen LogP contribution in [-0.4, -0.2) is 0 Å². The lowest BCUT2D eigenvalue weighted by Gasteiger charge is -2.31. The largest absolute Gasteiger partial charge is 0.462 e. The SMILES string of the molecule is CC1(C)C2=C(CCC(c3cccc(OC4=CC=CCC4)c3)=C2)C2=CC=CCC21. The van der Waals surface area contributed by atoms with E-state index in [4.69, 9.17) is 4.74 Å². The molecule has 0 heterocycles. The zero-order valence-corrected chi connectivity index (χ0v) is 16.9. The zero-order chi connectivity index (χ0) is 19.1. The van der Waals surface area contributed by atoms with E-state index in [1.54, 1.807) is 16.7 Å². The zero-order valence-electron chi connectivity index (χ0n) is 16.9. The highest BCUT2D eigenvalue weighted by atomic mass is 16.5. The van der Waals surface area contributed by atoms with Gasteiger partial charge in [0, 0.05) is 6.42 Å². The third-order valence-corrected chi connectivity index (χ3v) is 6.79. The molecule has 0 spiro atoms. The second-order valence-electron chi connectivity index (χ2n) is 8.85. The first-order valence-electron chi connectivity index (χ1n) is 10.6. The summed E-state index contributed by atoms with van der Waals surface area (Å²) in [7, 11) is 0. The summed E-state index contributed by atoms with van der Waals surface area (Å²) >= 11 is 0. The molecular weight excluding hydrogens is 340 g/mol. The first-order valence-corrected chi connectivity index (χ1v) is 10.6. The van der Waals surface area contributed by atoms with E-state index in [2.05, 4.69) is 80.6 Å². The van der Waals surface area contributed by atoms with Crippen LogP contribution < -0.4 is 4.74 Å².